The number of carbonyl (C=O) groups excluding carboxylic acids is 1. The maximum Gasteiger partial charge on any atom is 0.390 e. The van der Waals surface area contributed by atoms with Gasteiger partial charge in [0.2, 0.25) is 5.91 Å². The van der Waals surface area contributed by atoms with Gasteiger partial charge in [-0.25, -0.2) is 0 Å². The predicted molar refractivity (Wildman–Crippen MR) is 106 cm³/mol. The van der Waals surface area contributed by atoms with E-state index in [1.54, 1.807) is 11.6 Å². The van der Waals surface area contributed by atoms with Crippen LogP contribution < -0.4 is 0 Å². The third-order valence-corrected chi connectivity index (χ3v) is 5.36. The van der Waals surface area contributed by atoms with Crippen LogP contribution in [-0.4, -0.2) is 56.6 Å². The number of hydrogen-bond donors (Lipinski definition) is 0. The van der Waals surface area contributed by atoms with Gasteiger partial charge in [0.1, 0.15) is 0 Å². The van der Waals surface area contributed by atoms with E-state index >= 15 is 0 Å². The lowest BCUT2D eigenvalue weighted by Crippen LogP contribution is -2.50. The summed E-state index contributed by atoms with van der Waals surface area (Å²) in [6, 6.07) is 9.82. The van der Waals surface area contributed by atoms with Gasteiger partial charge in [-0.05, 0) is 29.9 Å². The molecule has 1 aliphatic heterocycles. The second-order valence-corrected chi connectivity index (χ2v) is 7.51. The Bertz CT molecular complexity index is 855. The minimum absolute atomic E-state index is 0.0769. The van der Waals surface area contributed by atoms with Gasteiger partial charge in [-0.3, -0.25) is 9.69 Å². The average molecular weight is 385 g/mol. The Morgan fingerprint density at radius 3 is 2.50 bits per heavy atom. The van der Waals surface area contributed by atoms with Gasteiger partial charge in [0, 0.05) is 32.7 Å². The molecule has 1 fully saturated rings. The van der Waals surface area contributed by atoms with Crippen LogP contribution in [0.4, 0.5) is 5.82 Å². The van der Waals surface area contributed by atoms with Crippen LogP contribution in [0.3, 0.4) is 0 Å². The first-order valence-corrected chi connectivity index (χ1v) is 9.59. The van der Waals surface area contributed by atoms with Crippen molar-refractivity contribution >= 4 is 11.7 Å². The van der Waals surface area contributed by atoms with Crippen molar-refractivity contribution in [1.82, 2.24) is 19.6 Å². The van der Waals surface area contributed by atoms with E-state index in [0.29, 0.717) is 25.3 Å². The van der Waals surface area contributed by atoms with Crippen molar-refractivity contribution in [3.05, 3.63) is 57.3 Å². The number of hydrogen-bond acceptors (Lipinski definition) is 5. The summed E-state index contributed by atoms with van der Waals surface area (Å²) < 4.78 is 1.55. The quantitative estimate of drug-likeness (QED) is 0.563. The highest BCUT2D eigenvalue weighted by Gasteiger charge is 2.27. The Morgan fingerprint density at radius 2 is 1.89 bits per heavy atom. The largest absolute Gasteiger partial charge is 0.390 e. The lowest BCUT2D eigenvalue weighted by Gasteiger charge is -2.36. The number of nitro groups is 1. The first-order chi connectivity index (χ1) is 13.3. The molecular weight excluding hydrogens is 358 g/mol. The number of nitrogens with zero attached hydrogens (tertiary/aromatic N) is 5. The summed E-state index contributed by atoms with van der Waals surface area (Å²) in [5.41, 5.74) is 3.30. The molecule has 8 heteroatoms. The highest BCUT2D eigenvalue weighted by Crippen LogP contribution is 2.16. The van der Waals surface area contributed by atoms with Crippen molar-refractivity contribution in [2.45, 2.75) is 33.9 Å². The third kappa shape index (κ3) is 4.56. The first-order valence-electron chi connectivity index (χ1n) is 9.59. The predicted octanol–water partition coefficient (Wildman–Crippen LogP) is 2.39. The van der Waals surface area contributed by atoms with Crippen molar-refractivity contribution < 1.29 is 9.72 Å². The van der Waals surface area contributed by atoms with E-state index in [-0.39, 0.29) is 17.6 Å². The summed E-state index contributed by atoms with van der Waals surface area (Å²) in [5.74, 6) is -0.379. The van der Waals surface area contributed by atoms with Crippen LogP contribution in [0.25, 0.3) is 0 Å². The summed E-state index contributed by atoms with van der Waals surface area (Å²) in [4.78, 5) is 27.4. The molecule has 28 heavy (non-hydrogen) atoms. The zero-order chi connectivity index (χ0) is 20.3. The van der Waals surface area contributed by atoms with Gasteiger partial charge >= 0.3 is 5.82 Å². The third-order valence-electron chi connectivity index (χ3n) is 5.36. The fraction of sp³-hybridized carbons (Fsp3) is 0.500. The smallest absolute Gasteiger partial charge is 0.358 e. The Morgan fingerprint density at radius 1 is 1.21 bits per heavy atom. The Labute approximate surface area is 164 Å². The normalized spacial score (nSPS) is 16.2. The van der Waals surface area contributed by atoms with Gasteiger partial charge in [-0.15, -0.1) is 0 Å². The maximum atomic E-state index is 12.8. The fourth-order valence-corrected chi connectivity index (χ4v) is 3.57. The average Bonchev–Trinajstić information content (AvgIpc) is 3.04. The Hall–Kier alpha value is -2.74. The van der Waals surface area contributed by atoms with Crippen LogP contribution >= 0.6 is 0 Å². The van der Waals surface area contributed by atoms with Crippen LogP contribution in [0.5, 0.6) is 0 Å². The Kier molecular flexibility index (Phi) is 6.08. The van der Waals surface area contributed by atoms with Gasteiger partial charge in [-0.2, -0.15) is 4.68 Å². The molecule has 1 aliphatic rings. The van der Waals surface area contributed by atoms with Crippen molar-refractivity contribution in [1.29, 1.82) is 0 Å². The van der Waals surface area contributed by atoms with Crippen molar-refractivity contribution in [3.63, 3.8) is 0 Å². The van der Waals surface area contributed by atoms with Gasteiger partial charge < -0.3 is 15.0 Å². The second kappa shape index (κ2) is 8.52. The van der Waals surface area contributed by atoms with Gasteiger partial charge in [-0.1, -0.05) is 31.2 Å². The molecule has 0 N–H and O–H groups in total. The monoisotopic (exact) mass is 385 g/mol. The van der Waals surface area contributed by atoms with Crippen LogP contribution in [0.1, 0.15) is 23.7 Å². The minimum Gasteiger partial charge on any atom is -0.358 e. The number of amides is 1. The molecule has 2 heterocycles. The van der Waals surface area contributed by atoms with E-state index < -0.39 is 4.92 Å². The summed E-state index contributed by atoms with van der Waals surface area (Å²) in [6.45, 7) is 10.1. The SMILES string of the molecule is Cc1ccccc1CN1CCN(C(=O)C(C)Cn2nc([N+](=O)[O-])cc2C)CC1. The lowest BCUT2D eigenvalue weighted by molar-refractivity contribution is -0.389. The van der Waals surface area contributed by atoms with E-state index in [1.807, 2.05) is 17.9 Å². The molecule has 0 radical (unpaired) electrons. The first kappa shape index (κ1) is 20.0. The molecule has 1 atom stereocenters. The van der Waals surface area contributed by atoms with Gasteiger partial charge in [0.15, 0.2) is 0 Å². The van der Waals surface area contributed by atoms with E-state index in [1.165, 1.54) is 17.2 Å². The second-order valence-electron chi connectivity index (χ2n) is 7.51. The standard InChI is InChI=1S/C20H27N5O3/c1-15-6-4-5-7-18(15)14-22-8-10-23(11-9-22)20(26)16(2)13-24-17(3)12-19(21-24)25(27)28/h4-7,12,16H,8-11,13-14H2,1-3H3. The highest BCUT2D eigenvalue weighted by atomic mass is 16.6. The molecule has 1 saturated heterocycles. The van der Waals surface area contributed by atoms with E-state index in [4.69, 9.17) is 0 Å². The molecule has 1 amide bonds. The minimum atomic E-state index is -0.510. The molecule has 0 aliphatic carbocycles. The molecule has 0 spiro atoms. The molecule has 0 saturated carbocycles. The zero-order valence-corrected chi connectivity index (χ0v) is 16.7. The van der Waals surface area contributed by atoms with Crippen molar-refractivity contribution in [2.75, 3.05) is 26.2 Å². The van der Waals surface area contributed by atoms with Gasteiger partial charge in [0.05, 0.1) is 29.3 Å². The number of aryl methyl sites for hydroxylation is 2. The molecule has 1 aromatic heterocycles. The number of aromatic nitrogens is 2. The van der Waals surface area contributed by atoms with E-state index in [9.17, 15) is 14.9 Å². The number of piperazine rings is 1. The Balaban J connectivity index is 1.53. The molecule has 150 valence electrons. The maximum absolute atomic E-state index is 12.8. The summed E-state index contributed by atoms with van der Waals surface area (Å²) in [7, 11) is 0. The molecule has 0 bridgehead atoms. The lowest BCUT2D eigenvalue weighted by atomic mass is 10.1. The molecule has 1 unspecified atom stereocenters. The topological polar surface area (TPSA) is 84.5 Å². The van der Waals surface area contributed by atoms with Crippen LogP contribution in [0.2, 0.25) is 0 Å². The number of carbonyl (C=O) groups is 1. The number of benzene rings is 1. The molecule has 3 rings (SSSR count). The molecule has 8 nitrogen and oxygen atoms in total. The molecular formula is C20H27N5O3. The van der Waals surface area contributed by atoms with E-state index in [2.05, 4.69) is 35.1 Å². The number of rotatable bonds is 6. The van der Waals surface area contributed by atoms with Crippen LogP contribution in [-0.2, 0) is 17.9 Å². The zero-order valence-electron chi connectivity index (χ0n) is 16.7. The fourth-order valence-electron chi connectivity index (χ4n) is 3.57. The summed E-state index contributed by atoms with van der Waals surface area (Å²) in [6.07, 6.45) is 0. The summed E-state index contributed by atoms with van der Waals surface area (Å²) >= 11 is 0. The van der Waals surface area contributed by atoms with Crippen LogP contribution in [0, 0.1) is 29.9 Å². The van der Waals surface area contributed by atoms with Crippen molar-refractivity contribution in [3.8, 4) is 0 Å². The molecule has 1 aromatic carbocycles. The van der Waals surface area contributed by atoms with Crippen LogP contribution in [0.15, 0.2) is 30.3 Å². The van der Waals surface area contributed by atoms with Crippen molar-refractivity contribution in [2.24, 2.45) is 5.92 Å². The van der Waals surface area contributed by atoms with E-state index in [0.717, 1.165) is 19.6 Å². The molecule has 2 aromatic rings. The highest BCUT2D eigenvalue weighted by molar-refractivity contribution is 5.78. The summed E-state index contributed by atoms with van der Waals surface area (Å²) in [5, 5.41) is 14.8. The van der Waals surface area contributed by atoms with Gasteiger partial charge in [0.25, 0.3) is 0 Å².